The van der Waals surface area contributed by atoms with Crippen molar-refractivity contribution in [2.24, 2.45) is 7.05 Å². The maximum Gasteiger partial charge on any atom is 0.148 e. The van der Waals surface area contributed by atoms with E-state index in [2.05, 4.69) is 10.4 Å². The van der Waals surface area contributed by atoms with Crippen LogP contribution in [0.2, 0.25) is 0 Å². The van der Waals surface area contributed by atoms with E-state index in [-0.39, 0.29) is 5.82 Å². The monoisotopic (exact) mass is 271 g/mol. The zero-order valence-corrected chi connectivity index (χ0v) is 11.0. The Morgan fingerprint density at radius 2 is 1.95 bits per heavy atom. The number of benzene rings is 1. The van der Waals surface area contributed by atoms with Gasteiger partial charge in [0.2, 0.25) is 0 Å². The van der Waals surface area contributed by atoms with Crippen LogP contribution in [0.5, 0.6) is 0 Å². The summed E-state index contributed by atoms with van der Waals surface area (Å²) in [6.07, 6.45) is 1.87. The Morgan fingerprint density at radius 3 is 2.65 bits per heavy atom. The quantitative estimate of drug-likeness (QED) is 0.790. The fraction of sp³-hybridized carbons (Fsp3) is 0.133. The molecular weight excluding hydrogens is 257 g/mol. The smallest absolute Gasteiger partial charge is 0.148 e. The average molecular weight is 271 g/mol. The predicted octanol–water partition coefficient (Wildman–Crippen LogP) is 3.43. The van der Waals surface area contributed by atoms with Crippen molar-refractivity contribution in [3.63, 3.8) is 0 Å². The highest BCUT2D eigenvalue weighted by Crippen LogP contribution is 2.22. The normalized spacial score (nSPS) is 10.7. The molecule has 0 unspecified atom stereocenters. The van der Waals surface area contributed by atoms with Gasteiger partial charge in [-0.2, -0.15) is 5.10 Å². The molecule has 0 aliphatic carbocycles. The molecule has 3 aromatic rings. The molecule has 20 heavy (non-hydrogen) atoms. The summed E-state index contributed by atoms with van der Waals surface area (Å²) in [7, 11) is 1.87. The van der Waals surface area contributed by atoms with Crippen molar-refractivity contribution >= 4 is 5.82 Å². The molecule has 5 heteroatoms. The second-order valence-electron chi connectivity index (χ2n) is 4.50. The van der Waals surface area contributed by atoms with Gasteiger partial charge in [-0.15, -0.1) is 0 Å². The number of aryl methyl sites for hydroxylation is 1. The molecule has 2 aromatic heterocycles. The minimum Gasteiger partial charge on any atom is -0.459 e. The van der Waals surface area contributed by atoms with Gasteiger partial charge < -0.3 is 9.73 Å². The molecule has 0 radical (unpaired) electrons. The molecule has 0 saturated heterocycles. The van der Waals surface area contributed by atoms with Crippen LogP contribution in [0.4, 0.5) is 10.2 Å². The van der Waals surface area contributed by atoms with Crippen LogP contribution in [-0.4, -0.2) is 9.78 Å². The number of rotatable bonds is 4. The van der Waals surface area contributed by atoms with Crippen LogP contribution in [0.3, 0.4) is 0 Å². The van der Waals surface area contributed by atoms with Crippen molar-refractivity contribution in [3.8, 4) is 11.3 Å². The minimum atomic E-state index is -0.252. The lowest BCUT2D eigenvalue weighted by molar-refractivity contribution is 0.530. The van der Waals surface area contributed by atoms with Crippen molar-refractivity contribution in [1.82, 2.24) is 9.78 Å². The molecule has 0 fully saturated rings. The molecule has 0 saturated carbocycles. The maximum absolute atomic E-state index is 12.9. The number of aromatic nitrogens is 2. The molecule has 0 spiro atoms. The van der Waals surface area contributed by atoms with Gasteiger partial charge in [-0.05, 0) is 36.4 Å². The van der Waals surface area contributed by atoms with E-state index in [9.17, 15) is 4.39 Å². The second kappa shape index (κ2) is 5.21. The summed E-state index contributed by atoms with van der Waals surface area (Å²) in [4.78, 5) is 0. The van der Waals surface area contributed by atoms with Crippen molar-refractivity contribution < 1.29 is 8.81 Å². The fourth-order valence-electron chi connectivity index (χ4n) is 1.93. The first-order valence-corrected chi connectivity index (χ1v) is 6.29. The number of anilines is 1. The topological polar surface area (TPSA) is 43.0 Å². The summed E-state index contributed by atoms with van der Waals surface area (Å²) in [5.41, 5.74) is 0.857. The van der Waals surface area contributed by atoms with Crippen LogP contribution < -0.4 is 5.32 Å². The SMILES string of the molecule is Cn1ccc(NCc2ccc(-c3ccc(F)cc3)o2)n1. The van der Waals surface area contributed by atoms with E-state index < -0.39 is 0 Å². The highest BCUT2D eigenvalue weighted by atomic mass is 19.1. The summed E-state index contributed by atoms with van der Waals surface area (Å²) >= 11 is 0. The van der Waals surface area contributed by atoms with Crippen molar-refractivity contribution in [2.45, 2.75) is 6.54 Å². The molecule has 0 amide bonds. The van der Waals surface area contributed by atoms with Gasteiger partial charge in [-0.1, -0.05) is 0 Å². The Balaban J connectivity index is 1.69. The molecule has 1 N–H and O–H groups in total. The Morgan fingerprint density at radius 1 is 1.15 bits per heavy atom. The first-order valence-electron chi connectivity index (χ1n) is 6.29. The van der Waals surface area contributed by atoms with Crippen molar-refractivity contribution in [3.05, 3.63) is 60.2 Å². The molecular formula is C15H14FN3O. The van der Waals surface area contributed by atoms with Crippen LogP contribution in [-0.2, 0) is 13.6 Å². The van der Waals surface area contributed by atoms with E-state index in [0.717, 1.165) is 22.9 Å². The summed E-state index contributed by atoms with van der Waals surface area (Å²) in [5, 5.41) is 7.39. The summed E-state index contributed by atoms with van der Waals surface area (Å²) in [6.45, 7) is 0.554. The fourth-order valence-corrected chi connectivity index (χ4v) is 1.93. The highest BCUT2D eigenvalue weighted by Gasteiger charge is 2.05. The first kappa shape index (κ1) is 12.5. The highest BCUT2D eigenvalue weighted by molar-refractivity contribution is 5.57. The van der Waals surface area contributed by atoms with Gasteiger partial charge >= 0.3 is 0 Å². The lowest BCUT2D eigenvalue weighted by Gasteiger charge is -2.00. The zero-order valence-electron chi connectivity index (χ0n) is 11.0. The Bertz CT molecular complexity index is 700. The van der Waals surface area contributed by atoms with Crippen molar-refractivity contribution in [1.29, 1.82) is 0 Å². The number of furan rings is 1. The van der Waals surface area contributed by atoms with Gasteiger partial charge in [-0.3, -0.25) is 4.68 Å². The lowest BCUT2D eigenvalue weighted by atomic mass is 10.2. The van der Waals surface area contributed by atoms with Gasteiger partial charge in [0, 0.05) is 24.9 Å². The third kappa shape index (κ3) is 2.71. The van der Waals surface area contributed by atoms with Crippen LogP contribution in [0.15, 0.2) is 53.1 Å². The third-order valence-electron chi connectivity index (χ3n) is 2.95. The van der Waals surface area contributed by atoms with E-state index in [1.165, 1.54) is 12.1 Å². The van der Waals surface area contributed by atoms with Gasteiger partial charge in [0.15, 0.2) is 0 Å². The Kier molecular flexibility index (Phi) is 3.25. The van der Waals surface area contributed by atoms with Crippen LogP contribution in [0.25, 0.3) is 11.3 Å². The van der Waals surface area contributed by atoms with E-state index in [1.807, 2.05) is 31.4 Å². The van der Waals surface area contributed by atoms with E-state index >= 15 is 0 Å². The van der Waals surface area contributed by atoms with Crippen molar-refractivity contribution in [2.75, 3.05) is 5.32 Å². The molecule has 0 atom stereocenters. The molecule has 1 aromatic carbocycles. The number of nitrogens with one attached hydrogen (secondary N) is 1. The number of nitrogens with zero attached hydrogens (tertiary/aromatic N) is 2. The zero-order chi connectivity index (χ0) is 13.9. The van der Waals surface area contributed by atoms with Gasteiger partial charge in [0.05, 0.1) is 6.54 Å². The van der Waals surface area contributed by atoms with Crippen LogP contribution in [0.1, 0.15) is 5.76 Å². The number of halogens is 1. The predicted molar refractivity (Wildman–Crippen MR) is 74.6 cm³/mol. The largest absolute Gasteiger partial charge is 0.459 e. The van der Waals surface area contributed by atoms with E-state index in [4.69, 9.17) is 4.42 Å². The van der Waals surface area contributed by atoms with E-state index in [0.29, 0.717) is 6.54 Å². The summed E-state index contributed by atoms with van der Waals surface area (Å²) in [6, 6.07) is 11.9. The molecule has 0 aliphatic rings. The summed E-state index contributed by atoms with van der Waals surface area (Å²) < 4.78 is 20.3. The van der Waals surface area contributed by atoms with Gasteiger partial charge in [-0.25, -0.2) is 4.39 Å². The average Bonchev–Trinajstić information content (AvgIpc) is 3.06. The standard InChI is InChI=1S/C15H14FN3O/c1-19-9-8-15(18-19)17-10-13-6-7-14(20-13)11-2-4-12(16)5-3-11/h2-9H,10H2,1H3,(H,17,18). The lowest BCUT2D eigenvalue weighted by Crippen LogP contribution is -1.99. The second-order valence-corrected chi connectivity index (χ2v) is 4.50. The summed E-state index contributed by atoms with van der Waals surface area (Å²) in [5.74, 6) is 2.07. The van der Waals surface area contributed by atoms with E-state index in [1.54, 1.807) is 16.8 Å². The minimum absolute atomic E-state index is 0.252. The third-order valence-corrected chi connectivity index (χ3v) is 2.95. The molecule has 0 aliphatic heterocycles. The Hall–Kier alpha value is -2.56. The number of hydrogen-bond acceptors (Lipinski definition) is 3. The molecule has 0 bridgehead atoms. The van der Waals surface area contributed by atoms with Gasteiger partial charge in [0.1, 0.15) is 23.2 Å². The first-order chi connectivity index (χ1) is 9.70. The molecule has 2 heterocycles. The van der Waals surface area contributed by atoms with Gasteiger partial charge in [0.25, 0.3) is 0 Å². The number of hydrogen-bond donors (Lipinski definition) is 1. The maximum atomic E-state index is 12.9. The van der Waals surface area contributed by atoms with Crippen LogP contribution in [0, 0.1) is 5.82 Å². The molecule has 4 nitrogen and oxygen atoms in total. The molecule has 102 valence electrons. The Labute approximate surface area is 115 Å². The molecule has 3 rings (SSSR count). The van der Waals surface area contributed by atoms with Crippen LogP contribution >= 0.6 is 0 Å².